The maximum absolute atomic E-state index is 13.7. The van der Waals surface area contributed by atoms with Gasteiger partial charge in [0, 0.05) is 23.3 Å². The predicted molar refractivity (Wildman–Crippen MR) is 146 cm³/mol. The summed E-state index contributed by atoms with van der Waals surface area (Å²) < 4.78 is 4.25. The molecule has 5 rings (SSSR count). The number of nitrogens with one attached hydrogen (secondary N) is 1. The number of halogens is 2. The highest BCUT2D eigenvalue weighted by Gasteiger charge is 2.21. The number of aryl methyl sites for hydroxylation is 1. The Morgan fingerprint density at radius 2 is 1.51 bits per heavy atom. The summed E-state index contributed by atoms with van der Waals surface area (Å²) in [5.41, 5.74) is 4.78. The number of hydrazone groups is 1. The van der Waals surface area contributed by atoms with Crippen molar-refractivity contribution in [1.82, 2.24) is 23.7 Å². The first kappa shape index (κ1) is 24.5. The highest BCUT2D eigenvalue weighted by Crippen LogP contribution is 2.19. The van der Waals surface area contributed by atoms with Crippen molar-refractivity contribution in [3.8, 4) is 0 Å². The van der Waals surface area contributed by atoms with Gasteiger partial charge in [0.05, 0.1) is 25.0 Å². The highest BCUT2D eigenvalue weighted by atomic mass is 35.5. The normalized spacial score (nSPS) is 11.4. The number of pyridine rings is 1. The van der Waals surface area contributed by atoms with E-state index in [1.807, 2.05) is 24.3 Å². The van der Waals surface area contributed by atoms with Crippen LogP contribution in [0.25, 0.3) is 11.2 Å². The van der Waals surface area contributed by atoms with Crippen molar-refractivity contribution in [2.24, 2.45) is 12.1 Å². The lowest BCUT2D eigenvalue weighted by Gasteiger charge is -2.11. The standard InChI is InChI=1S/C26H21Cl2N7O2/c1-33-23-22(24(36)35(26(33)37)16-18-7-11-20(28)12-8-18)34(15-17-5-9-19(27)10-6-17)25(31-23)32-30-14-21-4-2-3-13-29-21/h2-14H,15-16H2,1H3,(H,31,32). The number of anilines is 1. The van der Waals surface area contributed by atoms with Crippen LogP contribution in [-0.4, -0.2) is 29.9 Å². The van der Waals surface area contributed by atoms with Crippen molar-refractivity contribution < 1.29 is 0 Å². The molecule has 0 unspecified atom stereocenters. The smallest absolute Gasteiger partial charge is 0.298 e. The Bertz CT molecular complexity index is 1710. The fourth-order valence-electron chi connectivity index (χ4n) is 3.90. The van der Waals surface area contributed by atoms with Crippen LogP contribution in [0.3, 0.4) is 0 Å². The number of nitrogens with zero attached hydrogens (tertiary/aromatic N) is 6. The van der Waals surface area contributed by atoms with Gasteiger partial charge < -0.3 is 0 Å². The Hall–Kier alpha value is -4.21. The lowest BCUT2D eigenvalue weighted by Crippen LogP contribution is -2.40. The molecule has 1 N–H and O–H groups in total. The molecule has 186 valence electrons. The molecule has 0 atom stereocenters. The average Bonchev–Trinajstić information content (AvgIpc) is 3.26. The van der Waals surface area contributed by atoms with Gasteiger partial charge in [-0.05, 0) is 47.5 Å². The second-order valence-corrected chi connectivity index (χ2v) is 9.18. The summed E-state index contributed by atoms with van der Waals surface area (Å²) >= 11 is 12.1. The van der Waals surface area contributed by atoms with E-state index in [0.717, 1.165) is 11.1 Å². The largest absolute Gasteiger partial charge is 0.332 e. The van der Waals surface area contributed by atoms with Crippen molar-refractivity contribution >= 4 is 46.5 Å². The molecule has 0 amide bonds. The molecule has 0 saturated carbocycles. The second kappa shape index (κ2) is 10.4. The van der Waals surface area contributed by atoms with Gasteiger partial charge in [-0.15, -0.1) is 0 Å². The molecule has 3 heterocycles. The maximum Gasteiger partial charge on any atom is 0.332 e. The monoisotopic (exact) mass is 533 g/mol. The van der Waals surface area contributed by atoms with Gasteiger partial charge in [-0.25, -0.2) is 10.2 Å². The quantitative estimate of drug-likeness (QED) is 0.250. The molecular weight excluding hydrogens is 513 g/mol. The summed E-state index contributed by atoms with van der Waals surface area (Å²) in [6.45, 7) is 0.384. The van der Waals surface area contributed by atoms with Gasteiger partial charge in [-0.2, -0.15) is 10.1 Å². The van der Waals surface area contributed by atoms with Crippen molar-refractivity contribution in [1.29, 1.82) is 0 Å². The van der Waals surface area contributed by atoms with Crippen LogP contribution >= 0.6 is 23.2 Å². The zero-order chi connectivity index (χ0) is 25.9. The molecule has 0 aliphatic rings. The van der Waals surface area contributed by atoms with Crippen LogP contribution in [0.5, 0.6) is 0 Å². The molecule has 5 aromatic rings. The van der Waals surface area contributed by atoms with Crippen molar-refractivity contribution in [3.05, 3.63) is 121 Å². The van der Waals surface area contributed by atoms with Crippen LogP contribution in [0.1, 0.15) is 16.8 Å². The first-order valence-electron chi connectivity index (χ1n) is 11.3. The van der Waals surface area contributed by atoms with Crippen molar-refractivity contribution in [3.63, 3.8) is 0 Å². The minimum atomic E-state index is -0.480. The Labute approximate surface area is 221 Å². The molecule has 0 spiro atoms. The van der Waals surface area contributed by atoms with Gasteiger partial charge in [0.15, 0.2) is 11.2 Å². The Morgan fingerprint density at radius 1 is 0.892 bits per heavy atom. The zero-order valence-electron chi connectivity index (χ0n) is 19.7. The number of benzene rings is 2. The molecular formula is C26H21Cl2N7O2. The average molecular weight is 534 g/mol. The van der Waals surface area contributed by atoms with E-state index in [0.29, 0.717) is 28.2 Å². The third-order valence-corrected chi connectivity index (χ3v) is 6.29. The topological polar surface area (TPSA) is 99.1 Å². The summed E-state index contributed by atoms with van der Waals surface area (Å²) in [6, 6.07) is 19.7. The maximum atomic E-state index is 13.7. The zero-order valence-corrected chi connectivity index (χ0v) is 21.2. The summed E-state index contributed by atoms with van der Waals surface area (Å²) in [5, 5.41) is 5.43. The molecule has 3 aromatic heterocycles. The SMILES string of the molecule is Cn1c(=O)n(Cc2ccc(Cl)cc2)c(=O)c2c1nc(NN=Cc1ccccn1)n2Cc1ccc(Cl)cc1. The molecule has 37 heavy (non-hydrogen) atoms. The van der Waals surface area contributed by atoms with Gasteiger partial charge in [-0.3, -0.25) is 23.5 Å². The summed E-state index contributed by atoms with van der Waals surface area (Å²) in [6.07, 6.45) is 3.21. The van der Waals surface area contributed by atoms with Crippen molar-refractivity contribution in [2.75, 3.05) is 5.43 Å². The second-order valence-electron chi connectivity index (χ2n) is 8.30. The Balaban J connectivity index is 1.63. The summed E-state index contributed by atoms with van der Waals surface area (Å²) in [5.74, 6) is 0.300. The fraction of sp³-hybridized carbons (Fsp3) is 0.115. The number of hydrogen-bond acceptors (Lipinski definition) is 6. The highest BCUT2D eigenvalue weighted by molar-refractivity contribution is 6.30. The number of hydrogen-bond donors (Lipinski definition) is 1. The summed E-state index contributed by atoms with van der Waals surface area (Å²) in [7, 11) is 1.59. The minimum absolute atomic E-state index is 0.0886. The minimum Gasteiger partial charge on any atom is -0.298 e. The Kier molecular flexibility index (Phi) is 6.89. The molecule has 0 aliphatic carbocycles. The lowest BCUT2D eigenvalue weighted by molar-refractivity contribution is 0.653. The molecule has 0 bridgehead atoms. The van der Waals surface area contributed by atoms with Gasteiger partial charge in [-0.1, -0.05) is 53.5 Å². The van der Waals surface area contributed by atoms with Crippen LogP contribution in [0.4, 0.5) is 5.95 Å². The first-order chi connectivity index (χ1) is 17.9. The van der Waals surface area contributed by atoms with E-state index in [9.17, 15) is 9.59 Å². The molecule has 0 radical (unpaired) electrons. The van der Waals surface area contributed by atoms with E-state index in [2.05, 4.69) is 20.5 Å². The van der Waals surface area contributed by atoms with Crippen LogP contribution in [0, 0.1) is 0 Å². The lowest BCUT2D eigenvalue weighted by atomic mass is 10.2. The molecule has 0 aliphatic heterocycles. The number of aromatic nitrogens is 5. The van der Waals surface area contributed by atoms with Crippen LogP contribution < -0.4 is 16.7 Å². The fourth-order valence-corrected chi connectivity index (χ4v) is 4.16. The van der Waals surface area contributed by atoms with Crippen LogP contribution in [-0.2, 0) is 20.1 Å². The van der Waals surface area contributed by atoms with Crippen LogP contribution in [0.15, 0.2) is 87.6 Å². The molecule has 9 nitrogen and oxygen atoms in total. The molecule has 0 saturated heterocycles. The van der Waals surface area contributed by atoms with E-state index in [1.54, 1.807) is 66.5 Å². The molecule has 0 fully saturated rings. The van der Waals surface area contributed by atoms with Gasteiger partial charge >= 0.3 is 5.69 Å². The number of imidazole rings is 1. The van der Waals surface area contributed by atoms with Crippen LogP contribution in [0.2, 0.25) is 10.0 Å². The van der Waals surface area contributed by atoms with Crippen molar-refractivity contribution in [2.45, 2.75) is 13.1 Å². The van der Waals surface area contributed by atoms with E-state index in [-0.39, 0.29) is 17.7 Å². The predicted octanol–water partition coefficient (Wildman–Crippen LogP) is 4.14. The van der Waals surface area contributed by atoms with Gasteiger partial charge in [0.25, 0.3) is 5.56 Å². The number of fused-ring (bicyclic) bond motifs is 1. The molecule has 2 aromatic carbocycles. The first-order valence-corrected chi connectivity index (χ1v) is 12.1. The van der Waals surface area contributed by atoms with E-state index in [4.69, 9.17) is 23.2 Å². The van der Waals surface area contributed by atoms with E-state index < -0.39 is 11.2 Å². The third-order valence-electron chi connectivity index (χ3n) is 5.79. The van der Waals surface area contributed by atoms with E-state index >= 15 is 0 Å². The molecule has 11 heteroatoms. The number of rotatable bonds is 7. The van der Waals surface area contributed by atoms with E-state index in [1.165, 1.54) is 9.13 Å². The summed E-state index contributed by atoms with van der Waals surface area (Å²) in [4.78, 5) is 35.7. The third kappa shape index (κ3) is 5.18. The van der Waals surface area contributed by atoms with Gasteiger partial charge in [0.2, 0.25) is 5.95 Å². The Morgan fingerprint density at radius 3 is 2.11 bits per heavy atom. The van der Waals surface area contributed by atoms with Gasteiger partial charge in [0.1, 0.15) is 0 Å².